The van der Waals surface area contributed by atoms with Crippen LogP contribution >= 0.6 is 0 Å². The van der Waals surface area contributed by atoms with Gasteiger partial charge in [0, 0.05) is 43.5 Å². The van der Waals surface area contributed by atoms with E-state index in [1.165, 1.54) is 19.4 Å². The monoisotopic (exact) mass is 275 g/mol. The van der Waals surface area contributed by atoms with Crippen molar-refractivity contribution < 1.29 is 0 Å². The highest BCUT2D eigenvalue weighted by molar-refractivity contribution is 5.46. The molecule has 2 aliphatic rings. The maximum atomic E-state index is 4.70. The van der Waals surface area contributed by atoms with Crippen LogP contribution in [0.1, 0.15) is 32.4 Å². The summed E-state index contributed by atoms with van der Waals surface area (Å²) in [6, 6.07) is 3.35. The van der Waals surface area contributed by atoms with Gasteiger partial charge in [-0.25, -0.2) is 4.98 Å². The summed E-state index contributed by atoms with van der Waals surface area (Å²) < 4.78 is 0. The Bertz CT molecular complexity index is 475. The lowest BCUT2D eigenvalue weighted by molar-refractivity contribution is 0.202. The predicted octanol–water partition coefficient (Wildman–Crippen LogP) is 1.89. The topological polar surface area (TPSA) is 44.3 Å². The second kappa shape index (κ2) is 5.56. The van der Waals surface area contributed by atoms with Crippen molar-refractivity contribution in [3.05, 3.63) is 11.8 Å². The van der Waals surface area contributed by atoms with E-state index < -0.39 is 0 Å². The van der Waals surface area contributed by atoms with Gasteiger partial charge in [0.05, 0.1) is 0 Å². The molecule has 2 fully saturated rings. The molecule has 3 heterocycles. The third kappa shape index (κ3) is 2.59. The minimum Gasteiger partial charge on any atom is -0.354 e. The van der Waals surface area contributed by atoms with E-state index in [-0.39, 0.29) is 0 Å². The molecular formula is C15H25N5. The molecule has 110 valence electrons. The Kier molecular flexibility index (Phi) is 3.78. The van der Waals surface area contributed by atoms with E-state index in [0.29, 0.717) is 12.1 Å². The van der Waals surface area contributed by atoms with Crippen LogP contribution in [0.4, 0.5) is 11.8 Å². The van der Waals surface area contributed by atoms with Gasteiger partial charge in [-0.15, -0.1) is 0 Å². The van der Waals surface area contributed by atoms with Crippen molar-refractivity contribution in [1.29, 1.82) is 0 Å². The van der Waals surface area contributed by atoms with Crippen LogP contribution in [0.15, 0.2) is 6.07 Å². The first-order valence-corrected chi connectivity index (χ1v) is 7.77. The van der Waals surface area contributed by atoms with Crippen molar-refractivity contribution in [2.24, 2.45) is 0 Å². The number of fused-ring (bicyclic) bond motifs is 1. The zero-order chi connectivity index (χ0) is 14.1. The van der Waals surface area contributed by atoms with E-state index in [9.17, 15) is 0 Å². The summed E-state index contributed by atoms with van der Waals surface area (Å²) >= 11 is 0. The maximum Gasteiger partial charge on any atom is 0.224 e. The molecule has 20 heavy (non-hydrogen) atoms. The van der Waals surface area contributed by atoms with Gasteiger partial charge < -0.3 is 10.2 Å². The van der Waals surface area contributed by atoms with E-state index in [2.05, 4.69) is 40.0 Å². The Labute approximate surface area is 121 Å². The third-order valence-electron chi connectivity index (χ3n) is 4.41. The molecule has 0 spiro atoms. The SMILES string of the molecule is CCNc1nc(C)cc(N2CC3CCCN3CC2C)n1. The number of nitrogens with zero attached hydrogens (tertiary/aromatic N) is 4. The molecule has 1 N–H and O–H groups in total. The number of rotatable bonds is 3. The first-order chi connectivity index (χ1) is 9.67. The van der Waals surface area contributed by atoms with Gasteiger partial charge in [0.15, 0.2) is 0 Å². The van der Waals surface area contributed by atoms with Crippen LogP contribution < -0.4 is 10.2 Å². The highest BCUT2D eigenvalue weighted by Crippen LogP contribution is 2.28. The van der Waals surface area contributed by atoms with Crippen LogP contribution in [-0.4, -0.2) is 53.1 Å². The average Bonchev–Trinajstić information content (AvgIpc) is 2.84. The molecule has 2 atom stereocenters. The van der Waals surface area contributed by atoms with E-state index >= 15 is 0 Å². The largest absolute Gasteiger partial charge is 0.354 e. The highest BCUT2D eigenvalue weighted by Gasteiger charge is 2.35. The molecule has 5 heteroatoms. The van der Waals surface area contributed by atoms with E-state index in [1.54, 1.807) is 0 Å². The van der Waals surface area contributed by atoms with Gasteiger partial charge in [0.1, 0.15) is 5.82 Å². The van der Waals surface area contributed by atoms with Crippen molar-refractivity contribution in [2.75, 3.05) is 36.4 Å². The van der Waals surface area contributed by atoms with Crippen LogP contribution in [0.3, 0.4) is 0 Å². The van der Waals surface area contributed by atoms with E-state index in [1.807, 2.05) is 6.92 Å². The summed E-state index contributed by atoms with van der Waals surface area (Å²) in [6.45, 7) is 10.8. The van der Waals surface area contributed by atoms with Crippen LogP contribution in [0, 0.1) is 6.92 Å². The lowest BCUT2D eigenvalue weighted by atomic mass is 10.1. The highest BCUT2D eigenvalue weighted by atomic mass is 15.3. The summed E-state index contributed by atoms with van der Waals surface area (Å²) in [5.74, 6) is 1.83. The van der Waals surface area contributed by atoms with E-state index in [4.69, 9.17) is 4.98 Å². The lowest BCUT2D eigenvalue weighted by Crippen LogP contribution is -2.55. The summed E-state index contributed by atoms with van der Waals surface area (Å²) in [6.07, 6.45) is 2.67. The zero-order valence-corrected chi connectivity index (χ0v) is 12.8. The molecule has 3 rings (SSSR count). The normalized spacial score (nSPS) is 26.6. The minimum absolute atomic E-state index is 0.521. The van der Waals surface area contributed by atoms with Gasteiger partial charge in [-0.3, -0.25) is 4.90 Å². The van der Waals surface area contributed by atoms with Crippen molar-refractivity contribution >= 4 is 11.8 Å². The quantitative estimate of drug-likeness (QED) is 0.912. The van der Waals surface area contributed by atoms with Gasteiger partial charge in [-0.1, -0.05) is 0 Å². The molecule has 2 aliphatic heterocycles. The van der Waals surface area contributed by atoms with Crippen molar-refractivity contribution in [3.8, 4) is 0 Å². The van der Waals surface area contributed by atoms with Crippen LogP contribution in [0.5, 0.6) is 0 Å². The average molecular weight is 275 g/mol. The number of piperazine rings is 1. The number of hydrogen-bond acceptors (Lipinski definition) is 5. The first-order valence-electron chi connectivity index (χ1n) is 7.77. The second-order valence-electron chi connectivity index (χ2n) is 6.01. The molecule has 0 bridgehead atoms. The van der Waals surface area contributed by atoms with Gasteiger partial charge >= 0.3 is 0 Å². The number of aryl methyl sites for hydroxylation is 1. The maximum absolute atomic E-state index is 4.70. The van der Waals surface area contributed by atoms with Crippen molar-refractivity contribution in [3.63, 3.8) is 0 Å². The summed E-state index contributed by atoms with van der Waals surface area (Å²) in [5.41, 5.74) is 1.03. The number of anilines is 2. The Morgan fingerprint density at radius 2 is 2.20 bits per heavy atom. The Morgan fingerprint density at radius 1 is 1.35 bits per heavy atom. The predicted molar refractivity (Wildman–Crippen MR) is 82.3 cm³/mol. The smallest absolute Gasteiger partial charge is 0.224 e. The van der Waals surface area contributed by atoms with Gasteiger partial charge in [-0.05, 0) is 40.2 Å². The van der Waals surface area contributed by atoms with Crippen molar-refractivity contribution in [2.45, 2.75) is 45.7 Å². The molecule has 0 saturated carbocycles. The number of aromatic nitrogens is 2. The summed E-state index contributed by atoms with van der Waals surface area (Å²) in [5, 5.41) is 3.23. The van der Waals surface area contributed by atoms with Gasteiger partial charge in [0.25, 0.3) is 0 Å². The minimum atomic E-state index is 0.521. The van der Waals surface area contributed by atoms with Crippen LogP contribution in [-0.2, 0) is 0 Å². The summed E-state index contributed by atoms with van der Waals surface area (Å²) in [7, 11) is 0. The number of hydrogen-bond donors (Lipinski definition) is 1. The fourth-order valence-corrected chi connectivity index (χ4v) is 3.44. The molecule has 0 aromatic carbocycles. The third-order valence-corrected chi connectivity index (χ3v) is 4.41. The lowest BCUT2D eigenvalue weighted by Gasteiger charge is -2.43. The number of nitrogens with one attached hydrogen (secondary N) is 1. The zero-order valence-electron chi connectivity index (χ0n) is 12.8. The Balaban J connectivity index is 1.84. The Morgan fingerprint density at radius 3 is 3.00 bits per heavy atom. The van der Waals surface area contributed by atoms with E-state index in [0.717, 1.165) is 37.1 Å². The molecule has 1 aromatic rings. The van der Waals surface area contributed by atoms with Crippen molar-refractivity contribution in [1.82, 2.24) is 14.9 Å². The van der Waals surface area contributed by atoms with Crippen LogP contribution in [0.2, 0.25) is 0 Å². The second-order valence-corrected chi connectivity index (χ2v) is 6.01. The fraction of sp³-hybridized carbons (Fsp3) is 0.733. The molecule has 5 nitrogen and oxygen atoms in total. The molecule has 2 unspecified atom stereocenters. The van der Waals surface area contributed by atoms with Gasteiger partial charge in [0.2, 0.25) is 5.95 Å². The molecule has 2 saturated heterocycles. The molecule has 0 aliphatic carbocycles. The fourth-order valence-electron chi connectivity index (χ4n) is 3.44. The Hall–Kier alpha value is -1.36. The summed E-state index contributed by atoms with van der Waals surface area (Å²) in [4.78, 5) is 14.2. The first kappa shape index (κ1) is 13.6. The molecule has 0 radical (unpaired) electrons. The van der Waals surface area contributed by atoms with Crippen LogP contribution in [0.25, 0.3) is 0 Å². The van der Waals surface area contributed by atoms with Gasteiger partial charge in [-0.2, -0.15) is 4.98 Å². The molecule has 1 aromatic heterocycles. The molecule has 0 amide bonds. The molecular weight excluding hydrogens is 250 g/mol. The standard InChI is InChI=1S/C15H25N5/c1-4-16-15-17-11(2)8-14(18-15)20-10-13-6-5-7-19(13)9-12(20)3/h8,12-13H,4-7,9-10H2,1-3H3,(H,16,17,18).